The molecule has 13 heavy (non-hydrogen) atoms. The summed E-state index contributed by atoms with van der Waals surface area (Å²) >= 11 is 8.62. The Balaban J connectivity index is 2.96. The largest absolute Gasteiger partial charge is 0.323 e. The predicted octanol–water partition coefficient (Wildman–Crippen LogP) is 4.32. The van der Waals surface area contributed by atoms with Gasteiger partial charge in [-0.1, -0.05) is 20.8 Å². The fourth-order valence-corrected chi connectivity index (χ4v) is 3.28. The van der Waals surface area contributed by atoms with Gasteiger partial charge in [0.1, 0.15) is 0 Å². The number of hydrogen-bond donors (Lipinski definition) is 1. The Labute approximate surface area is 100.0 Å². The third-order valence-corrected chi connectivity index (χ3v) is 5.24. The average Bonchev–Trinajstić information content (AvgIpc) is 2.29. The topological polar surface area (TPSA) is 26.0 Å². The summed E-state index contributed by atoms with van der Waals surface area (Å²) in [5.74, 6) is 0. The summed E-state index contributed by atoms with van der Waals surface area (Å²) < 4.78 is 2.20. The fraction of sp³-hybridized carbons (Fsp3) is 0.556. The van der Waals surface area contributed by atoms with Crippen LogP contribution in [0.15, 0.2) is 14.3 Å². The summed E-state index contributed by atoms with van der Waals surface area (Å²) in [6.07, 6.45) is 0. The van der Waals surface area contributed by atoms with Crippen molar-refractivity contribution >= 4 is 43.2 Å². The number of rotatable bonds is 1. The Kier molecular flexibility index (Phi) is 3.60. The van der Waals surface area contributed by atoms with Gasteiger partial charge in [-0.15, -0.1) is 11.3 Å². The number of hydrogen-bond acceptors (Lipinski definition) is 2. The molecule has 0 amide bonds. The molecule has 0 aliphatic heterocycles. The number of nitrogens with two attached hydrogens (primary N) is 1. The van der Waals surface area contributed by atoms with Gasteiger partial charge in [0.15, 0.2) is 0 Å². The average molecular weight is 327 g/mol. The summed E-state index contributed by atoms with van der Waals surface area (Å²) in [4.78, 5) is 1.21. The van der Waals surface area contributed by atoms with E-state index in [0.29, 0.717) is 0 Å². The van der Waals surface area contributed by atoms with Gasteiger partial charge in [-0.05, 0) is 43.3 Å². The molecule has 0 saturated heterocycles. The van der Waals surface area contributed by atoms with Crippen molar-refractivity contribution in [3.63, 3.8) is 0 Å². The smallest absolute Gasteiger partial charge is 0.0843 e. The van der Waals surface area contributed by atoms with Crippen LogP contribution in [0, 0.1) is 5.41 Å². The van der Waals surface area contributed by atoms with Crippen molar-refractivity contribution in [2.24, 2.45) is 11.1 Å². The second kappa shape index (κ2) is 4.01. The normalized spacial score (nSPS) is 14.6. The molecule has 1 aromatic rings. The molecule has 0 aliphatic carbocycles. The molecule has 0 aliphatic rings. The standard InChI is InChI=1S/C9H13Br2NS/c1-9(2,3)7(12)6-4-5(10)8(11)13-6/h4,7H,12H2,1-3H3/t7-/m0/s1. The summed E-state index contributed by atoms with van der Waals surface area (Å²) in [6, 6.07) is 2.19. The maximum atomic E-state index is 6.12. The van der Waals surface area contributed by atoms with Crippen LogP contribution in [0.3, 0.4) is 0 Å². The maximum Gasteiger partial charge on any atom is 0.0843 e. The molecular weight excluding hydrogens is 314 g/mol. The number of thiophene rings is 1. The van der Waals surface area contributed by atoms with Crippen LogP contribution in [0.5, 0.6) is 0 Å². The molecule has 1 nitrogen and oxygen atoms in total. The van der Waals surface area contributed by atoms with Gasteiger partial charge < -0.3 is 5.73 Å². The predicted molar refractivity (Wildman–Crippen MR) is 66.1 cm³/mol. The first kappa shape index (κ1) is 11.7. The lowest BCUT2D eigenvalue weighted by molar-refractivity contribution is 0.331. The van der Waals surface area contributed by atoms with Crippen molar-refractivity contribution in [3.8, 4) is 0 Å². The maximum absolute atomic E-state index is 6.12. The number of halogens is 2. The van der Waals surface area contributed by atoms with E-state index >= 15 is 0 Å². The zero-order valence-corrected chi connectivity index (χ0v) is 11.9. The van der Waals surface area contributed by atoms with Crippen LogP contribution in [0.25, 0.3) is 0 Å². The first-order valence-electron chi connectivity index (χ1n) is 4.02. The van der Waals surface area contributed by atoms with Crippen LogP contribution in [0.2, 0.25) is 0 Å². The van der Waals surface area contributed by atoms with E-state index in [0.717, 1.165) is 8.26 Å². The molecule has 0 fully saturated rings. The minimum Gasteiger partial charge on any atom is -0.323 e. The highest BCUT2D eigenvalue weighted by Gasteiger charge is 2.24. The van der Waals surface area contributed by atoms with E-state index in [9.17, 15) is 0 Å². The van der Waals surface area contributed by atoms with Crippen molar-refractivity contribution in [3.05, 3.63) is 19.2 Å². The zero-order chi connectivity index (χ0) is 10.2. The van der Waals surface area contributed by atoms with Crippen LogP contribution in [0.1, 0.15) is 31.7 Å². The van der Waals surface area contributed by atoms with Gasteiger partial charge in [-0.25, -0.2) is 0 Å². The third-order valence-electron chi connectivity index (χ3n) is 1.90. The first-order valence-corrected chi connectivity index (χ1v) is 6.43. The molecule has 1 rings (SSSR count). The van der Waals surface area contributed by atoms with E-state index in [2.05, 4.69) is 58.7 Å². The minimum absolute atomic E-state index is 0.0973. The second-order valence-corrected chi connectivity index (χ2v) is 7.37. The van der Waals surface area contributed by atoms with Crippen molar-refractivity contribution in [2.75, 3.05) is 0 Å². The second-order valence-electron chi connectivity index (χ2n) is 4.11. The highest BCUT2D eigenvalue weighted by molar-refractivity contribution is 9.13. The molecule has 1 aromatic heterocycles. The monoisotopic (exact) mass is 325 g/mol. The van der Waals surface area contributed by atoms with Gasteiger partial charge in [0.2, 0.25) is 0 Å². The molecule has 0 unspecified atom stereocenters. The summed E-state index contributed by atoms with van der Waals surface area (Å²) in [6.45, 7) is 6.46. The molecule has 0 bridgehead atoms. The van der Waals surface area contributed by atoms with E-state index in [1.54, 1.807) is 11.3 Å². The Morgan fingerprint density at radius 3 is 2.23 bits per heavy atom. The molecular formula is C9H13Br2NS. The quantitative estimate of drug-likeness (QED) is 0.817. The van der Waals surface area contributed by atoms with Crippen LogP contribution in [-0.4, -0.2) is 0 Å². The molecule has 1 atom stereocenters. The van der Waals surface area contributed by atoms with Gasteiger partial charge >= 0.3 is 0 Å². The lowest BCUT2D eigenvalue weighted by atomic mass is 9.87. The zero-order valence-electron chi connectivity index (χ0n) is 7.90. The van der Waals surface area contributed by atoms with Crippen LogP contribution in [-0.2, 0) is 0 Å². The molecule has 0 spiro atoms. The van der Waals surface area contributed by atoms with Crippen molar-refractivity contribution in [2.45, 2.75) is 26.8 Å². The van der Waals surface area contributed by atoms with Gasteiger partial charge in [0, 0.05) is 15.4 Å². The van der Waals surface area contributed by atoms with Crippen molar-refractivity contribution in [1.29, 1.82) is 0 Å². The Morgan fingerprint density at radius 2 is 1.92 bits per heavy atom. The molecule has 1 heterocycles. The first-order chi connectivity index (χ1) is 5.82. The molecule has 0 radical (unpaired) electrons. The van der Waals surface area contributed by atoms with Crippen LogP contribution >= 0.6 is 43.2 Å². The van der Waals surface area contributed by atoms with Crippen LogP contribution < -0.4 is 5.73 Å². The summed E-state index contributed by atoms with van der Waals surface area (Å²) in [7, 11) is 0. The van der Waals surface area contributed by atoms with Crippen LogP contribution in [0.4, 0.5) is 0 Å². The fourth-order valence-electron chi connectivity index (χ4n) is 0.943. The van der Waals surface area contributed by atoms with Gasteiger partial charge in [0.05, 0.1) is 3.79 Å². The van der Waals surface area contributed by atoms with E-state index in [1.165, 1.54) is 4.88 Å². The lowest BCUT2D eigenvalue weighted by Gasteiger charge is -2.25. The van der Waals surface area contributed by atoms with Gasteiger partial charge in [-0.2, -0.15) is 0 Å². The third kappa shape index (κ3) is 2.78. The molecule has 2 N–H and O–H groups in total. The Morgan fingerprint density at radius 1 is 1.38 bits per heavy atom. The van der Waals surface area contributed by atoms with Gasteiger partial charge in [0.25, 0.3) is 0 Å². The molecule has 74 valence electrons. The van der Waals surface area contributed by atoms with E-state index < -0.39 is 0 Å². The SMILES string of the molecule is CC(C)(C)[C@@H](N)c1cc(Br)c(Br)s1. The van der Waals surface area contributed by atoms with E-state index in [-0.39, 0.29) is 11.5 Å². The highest BCUT2D eigenvalue weighted by atomic mass is 79.9. The molecule has 0 aromatic carbocycles. The van der Waals surface area contributed by atoms with E-state index in [1.807, 2.05) is 0 Å². The van der Waals surface area contributed by atoms with Gasteiger partial charge in [-0.3, -0.25) is 0 Å². The van der Waals surface area contributed by atoms with E-state index in [4.69, 9.17) is 5.73 Å². The van der Waals surface area contributed by atoms with Crippen molar-refractivity contribution in [1.82, 2.24) is 0 Å². The Hall–Kier alpha value is 0.620. The lowest BCUT2D eigenvalue weighted by Crippen LogP contribution is -2.25. The molecule has 4 heteroatoms. The minimum atomic E-state index is 0.0973. The van der Waals surface area contributed by atoms with Crippen molar-refractivity contribution < 1.29 is 0 Å². The summed E-state index contributed by atoms with van der Waals surface area (Å²) in [5.41, 5.74) is 6.24. The molecule has 0 saturated carbocycles. The highest BCUT2D eigenvalue weighted by Crippen LogP contribution is 2.40. The summed E-state index contributed by atoms with van der Waals surface area (Å²) in [5, 5.41) is 0. The Bertz CT molecular complexity index is 282.